The van der Waals surface area contributed by atoms with Gasteiger partial charge in [0.15, 0.2) is 0 Å². The molecular formula is C29H48O4. The summed E-state index contributed by atoms with van der Waals surface area (Å²) in [4.78, 5) is 0. The fourth-order valence-electron chi connectivity index (χ4n) is 6.91. The summed E-state index contributed by atoms with van der Waals surface area (Å²) in [6, 6.07) is 0. The highest BCUT2D eigenvalue weighted by Crippen LogP contribution is 2.58. The second-order valence-corrected chi connectivity index (χ2v) is 11.3. The SMILES string of the molecule is C=C1/C(=C\C=C2/CCC[C@]3(C)[C@@H]([C@@H](C)OCCCC(O)(CC)CC)CC[C@@H]23)C[C@@H](O)C[C@@H]1O. The Labute approximate surface area is 201 Å². The van der Waals surface area contributed by atoms with Crippen LogP contribution in [0.3, 0.4) is 0 Å². The van der Waals surface area contributed by atoms with E-state index >= 15 is 0 Å². The number of fused-ring (bicyclic) bond motifs is 1. The molecule has 0 aromatic heterocycles. The molecule has 4 heteroatoms. The number of aliphatic hydroxyl groups excluding tert-OH is 2. The molecule has 0 aromatic rings. The first-order chi connectivity index (χ1) is 15.6. The predicted molar refractivity (Wildman–Crippen MR) is 135 cm³/mol. The quantitative estimate of drug-likeness (QED) is 0.377. The fourth-order valence-corrected chi connectivity index (χ4v) is 6.91. The number of aliphatic hydroxyl groups is 3. The number of rotatable bonds is 9. The Morgan fingerprint density at radius 3 is 2.64 bits per heavy atom. The lowest BCUT2D eigenvalue weighted by molar-refractivity contribution is -0.0365. The molecule has 3 aliphatic rings. The Bertz CT molecular complexity index is 734. The van der Waals surface area contributed by atoms with E-state index in [-0.39, 0.29) is 11.5 Å². The molecule has 3 saturated carbocycles. The molecule has 0 radical (unpaired) electrons. The van der Waals surface area contributed by atoms with Gasteiger partial charge < -0.3 is 20.1 Å². The van der Waals surface area contributed by atoms with Crippen molar-refractivity contribution in [3.8, 4) is 0 Å². The van der Waals surface area contributed by atoms with Crippen LogP contribution in [0.15, 0.2) is 35.5 Å². The summed E-state index contributed by atoms with van der Waals surface area (Å²) in [7, 11) is 0. The van der Waals surface area contributed by atoms with Gasteiger partial charge in [-0.25, -0.2) is 0 Å². The Hall–Kier alpha value is -0.940. The highest BCUT2D eigenvalue weighted by Gasteiger charge is 2.51. The predicted octanol–water partition coefficient (Wildman–Crippen LogP) is 5.86. The smallest absolute Gasteiger partial charge is 0.0811 e. The Kier molecular flexibility index (Phi) is 9.05. The van der Waals surface area contributed by atoms with Crippen LogP contribution < -0.4 is 0 Å². The summed E-state index contributed by atoms with van der Waals surface area (Å²) >= 11 is 0. The van der Waals surface area contributed by atoms with Crippen molar-refractivity contribution < 1.29 is 20.1 Å². The summed E-state index contributed by atoms with van der Waals surface area (Å²) in [6.45, 7) is 13.6. The molecule has 0 unspecified atom stereocenters. The lowest BCUT2D eigenvalue weighted by Gasteiger charge is -2.44. The average molecular weight is 461 g/mol. The van der Waals surface area contributed by atoms with Crippen LogP contribution in [0.2, 0.25) is 0 Å². The largest absolute Gasteiger partial charge is 0.393 e. The molecule has 3 rings (SSSR count). The molecule has 0 aliphatic heterocycles. The minimum absolute atomic E-state index is 0.234. The molecule has 0 saturated heterocycles. The Morgan fingerprint density at radius 1 is 1.21 bits per heavy atom. The molecule has 0 heterocycles. The molecule has 3 N–H and O–H groups in total. The highest BCUT2D eigenvalue weighted by molar-refractivity contribution is 5.38. The van der Waals surface area contributed by atoms with E-state index < -0.39 is 17.8 Å². The molecule has 6 atom stereocenters. The lowest BCUT2D eigenvalue weighted by atomic mass is 9.62. The zero-order valence-corrected chi connectivity index (χ0v) is 21.5. The average Bonchev–Trinajstić information content (AvgIpc) is 3.15. The second kappa shape index (κ2) is 11.2. The topological polar surface area (TPSA) is 69.9 Å². The third-order valence-corrected chi connectivity index (χ3v) is 9.35. The minimum Gasteiger partial charge on any atom is -0.393 e. The minimum atomic E-state index is -0.630. The summed E-state index contributed by atoms with van der Waals surface area (Å²) in [5.74, 6) is 1.14. The van der Waals surface area contributed by atoms with E-state index in [9.17, 15) is 15.3 Å². The summed E-state index contributed by atoms with van der Waals surface area (Å²) in [5.41, 5.74) is 3.00. The monoisotopic (exact) mass is 460 g/mol. The van der Waals surface area contributed by atoms with Gasteiger partial charge >= 0.3 is 0 Å². The summed E-state index contributed by atoms with van der Waals surface area (Å²) in [5, 5.41) is 30.7. The maximum absolute atomic E-state index is 10.5. The molecule has 0 spiro atoms. The van der Waals surface area contributed by atoms with Gasteiger partial charge in [0.05, 0.1) is 23.9 Å². The summed E-state index contributed by atoms with van der Waals surface area (Å²) < 4.78 is 6.34. The van der Waals surface area contributed by atoms with Crippen molar-refractivity contribution in [2.45, 2.75) is 122 Å². The van der Waals surface area contributed by atoms with Crippen LogP contribution in [-0.2, 0) is 4.74 Å². The van der Waals surface area contributed by atoms with Crippen molar-refractivity contribution in [3.05, 3.63) is 35.5 Å². The third kappa shape index (κ3) is 6.01. The van der Waals surface area contributed by atoms with Gasteiger partial charge in [0.25, 0.3) is 0 Å². The van der Waals surface area contributed by atoms with Gasteiger partial charge in [-0.1, -0.05) is 45.1 Å². The molecule has 0 aromatic carbocycles. The number of hydrogen-bond donors (Lipinski definition) is 3. The normalized spacial score (nSPS) is 36.4. The van der Waals surface area contributed by atoms with Crippen LogP contribution in [0.1, 0.15) is 98.3 Å². The van der Waals surface area contributed by atoms with E-state index in [1.165, 1.54) is 31.3 Å². The van der Waals surface area contributed by atoms with Gasteiger partial charge in [-0.3, -0.25) is 0 Å². The zero-order valence-electron chi connectivity index (χ0n) is 21.5. The molecule has 4 nitrogen and oxygen atoms in total. The van der Waals surface area contributed by atoms with Gasteiger partial charge in [-0.15, -0.1) is 0 Å². The van der Waals surface area contributed by atoms with Crippen molar-refractivity contribution in [2.24, 2.45) is 17.3 Å². The molecule has 3 aliphatic carbocycles. The molecule has 188 valence electrons. The van der Waals surface area contributed by atoms with Crippen molar-refractivity contribution in [1.29, 1.82) is 0 Å². The van der Waals surface area contributed by atoms with Crippen LogP contribution in [0, 0.1) is 17.3 Å². The lowest BCUT2D eigenvalue weighted by Crippen LogP contribution is -2.39. The van der Waals surface area contributed by atoms with Crippen molar-refractivity contribution in [3.63, 3.8) is 0 Å². The standard InChI is InChI=1S/C29H48O4/c1-6-29(32,7-2)16-9-17-33-21(4)25-13-14-26-22(10-8-15-28(25,26)5)11-12-23-18-24(30)19-27(31)20(23)3/h11-12,21,24-27,30-32H,3,6-10,13-19H2,1-2,4-5H3/b22-11+,23-12-/t21-,24-,25-,26+,27+,28-/m1/s1. The zero-order chi connectivity index (χ0) is 24.2. The van der Waals surface area contributed by atoms with Crippen LogP contribution in [-0.4, -0.2) is 45.8 Å². The number of hydrogen-bond acceptors (Lipinski definition) is 4. The summed E-state index contributed by atoms with van der Waals surface area (Å²) in [6.07, 6.45) is 13.8. The van der Waals surface area contributed by atoms with Crippen LogP contribution in [0.5, 0.6) is 0 Å². The first-order valence-corrected chi connectivity index (χ1v) is 13.4. The molecule has 3 fully saturated rings. The second-order valence-electron chi connectivity index (χ2n) is 11.3. The maximum atomic E-state index is 10.5. The fraction of sp³-hybridized carbons (Fsp3) is 0.793. The van der Waals surface area contributed by atoms with E-state index in [0.717, 1.165) is 49.9 Å². The first-order valence-electron chi connectivity index (χ1n) is 13.4. The van der Waals surface area contributed by atoms with E-state index in [1.807, 2.05) is 0 Å². The van der Waals surface area contributed by atoms with E-state index in [1.54, 1.807) is 0 Å². The van der Waals surface area contributed by atoms with Crippen molar-refractivity contribution >= 4 is 0 Å². The van der Waals surface area contributed by atoms with Crippen LogP contribution in [0.4, 0.5) is 0 Å². The van der Waals surface area contributed by atoms with Gasteiger partial charge in [0.1, 0.15) is 0 Å². The van der Waals surface area contributed by atoms with Crippen molar-refractivity contribution in [2.75, 3.05) is 6.61 Å². The third-order valence-electron chi connectivity index (χ3n) is 9.35. The maximum Gasteiger partial charge on any atom is 0.0811 e. The Morgan fingerprint density at radius 2 is 1.94 bits per heavy atom. The van der Waals surface area contributed by atoms with Gasteiger partial charge in [-0.2, -0.15) is 0 Å². The number of ether oxygens (including phenoxy) is 1. The van der Waals surface area contributed by atoms with Gasteiger partial charge in [-0.05, 0) is 99.5 Å². The van der Waals surface area contributed by atoms with E-state index in [4.69, 9.17) is 4.74 Å². The van der Waals surface area contributed by atoms with Gasteiger partial charge in [0.2, 0.25) is 0 Å². The molecule has 33 heavy (non-hydrogen) atoms. The van der Waals surface area contributed by atoms with E-state index in [2.05, 4.69) is 46.4 Å². The van der Waals surface area contributed by atoms with E-state index in [0.29, 0.717) is 24.7 Å². The highest BCUT2D eigenvalue weighted by atomic mass is 16.5. The number of allylic oxidation sites excluding steroid dienone is 3. The molecule has 0 bridgehead atoms. The first kappa shape index (κ1) is 26.7. The van der Waals surface area contributed by atoms with Crippen LogP contribution in [0.25, 0.3) is 0 Å². The molecular weight excluding hydrogens is 412 g/mol. The molecule has 0 amide bonds. The Balaban J connectivity index is 1.62. The van der Waals surface area contributed by atoms with Crippen molar-refractivity contribution in [1.82, 2.24) is 0 Å². The van der Waals surface area contributed by atoms with Crippen LogP contribution >= 0.6 is 0 Å². The van der Waals surface area contributed by atoms with Gasteiger partial charge in [0, 0.05) is 13.0 Å².